The average Bonchev–Trinajstić information content (AvgIpc) is 3.29. The zero-order valence-electron chi connectivity index (χ0n) is 17.1. The molecule has 4 unspecified atom stereocenters. The number of imidazole rings is 1. The molecule has 1 aliphatic heterocycles. The molecule has 4 bridgehead atoms. The number of aromatic nitrogens is 4. The number of fused-ring (bicyclic) bond motifs is 1. The van der Waals surface area contributed by atoms with Crippen molar-refractivity contribution in [2.75, 3.05) is 11.9 Å². The number of ether oxygens (including phenoxy) is 1. The van der Waals surface area contributed by atoms with Gasteiger partial charge in [-0.15, -0.1) is 0 Å². The second-order valence-corrected chi connectivity index (χ2v) is 9.93. The number of rotatable bonds is 4. The van der Waals surface area contributed by atoms with Gasteiger partial charge in [-0.1, -0.05) is 0 Å². The molecule has 0 radical (unpaired) electrons. The van der Waals surface area contributed by atoms with Gasteiger partial charge in [0.05, 0.1) is 18.3 Å². The highest BCUT2D eigenvalue weighted by Gasteiger charge is 2.54. The topological polar surface area (TPSA) is 143 Å². The van der Waals surface area contributed by atoms with Crippen molar-refractivity contribution >= 4 is 22.9 Å². The van der Waals surface area contributed by atoms with Crippen molar-refractivity contribution in [3.63, 3.8) is 0 Å². The number of carbonyl (C=O) groups is 1. The number of nitrogens with one attached hydrogen (secondary N) is 1. The van der Waals surface area contributed by atoms with Crippen LogP contribution >= 0.6 is 0 Å². The molecule has 4 N–H and O–H groups in total. The van der Waals surface area contributed by atoms with E-state index >= 15 is 0 Å². The Morgan fingerprint density at radius 2 is 1.77 bits per heavy atom. The first kappa shape index (κ1) is 19.5. The Morgan fingerprint density at radius 3 is 2.39 bits per heavy atom. The van der Waals surface area contributed by atoms with Gasteiger partial charge < -0.3 is 25.4 Å². The van der Waals surface area contributed by atoms with Crippen molar-refractivity contribution < 1.29 is 24.9 Å². The van der Waals surface area contributed by atoms with Crippen molar-refractivity contribution in [3.8, 4) is 0 Å². The first-order valence-corrected chi connectivity index (χ1v) is 11.1. The van der Waals surface area contributed by atoms with E-state index < -0.39 is 31.1 Å². The molecular weight excluding hydrogens is 402 g/mol. The van der Waals surface area contributed by atoms with Crippen molar-refractivity contribution in [2.45, 2.75) is 63.1 Å². The Kier molecular flexibility index (Phi) is 4.37. The van der Waals surface area contributed by atoms with Crippen LogP contribution < -0.4 is 5.32 Å². The fourth-order valence-corrected chi connectivity index (χ4v) is 6.87. The summed E-state index contributed by atoms with van der Waals surface area (Å²) in [6, 6.07) is 0. The number of hydrogen-bond donors (Lipinski definition) is 4. The third-order valence-corrected chi connectivity index (χ3v) is 7.90. The van der Waals surface area contributed by atoms with Gasteiger partial charge in [0.1, 0.15) is 24.6 Å². The fourth-order valence-electron chi connectivity index (χ4n) is 6.87. The predicted molar refractivity (Wildman–Crippen MR) is 108 cm³/mol. The number of anilines is 1. The van der Waals surface area contributed by atoms with Crippen LogP contribution in [0.4, 0.5) is 5.82 Å². The molecule has 4 aliphatic carbocycles. The molecule has 0 spiro atoms. The Balaban J connectivity index is 1.29. The molecule has 5 aliphatic rings. The van der Waals surface area contributed by atoms with Crippen molar-refractivity contribution in [2.24, 2.45) is 23.2 Å². The lowest BCUT2D eigenvalue weighted by atomic mass is 9.49. The molecule has 5 fully saturated rings. The second-order valence-electron chi connectivity index (χ2n) is 9.93. The Bertz CT molecular complexity index is 989. The zero-order valence-corrected chi connectivity index (χ0v) is 17.1. The van der Waals surface area contributed by atoms with Crippen LogP contribution in [0.25, 0.3) is 11.2 Å². The summed E-state index contributed by atoms with van der Waals surface area (Å²) in [4.78, 5) is 26.3. The van der Waals surface area contributed by atoms with E-state index in [0.29, 0.717) is 34.7 Å². The van der Waals surface area contributed by atoms with Crippen LogP contribution in [0.15, 0.2) is 12.7 Å². The molecule has 31 heavy (non-hydrogen) atoms. The minimum atomic E-state index is -1.24. The van der Waals surface area contributed by atoms with E-state index in [1.165, 1.54) is 36.5 Å². The first-order chi connectivity index (χ1) is 15.0. The second kappa shape index (κ2) is 6.93. The quantitative estimate of drug-likeness (QED) is 0.553. The molecule has 2 aromatic rings. The van der Waals surface area contributed by atoms with Crippen molar-refractivity contribution in [1.29, 1.82) is 0 Å². The highest BCUT2D eigenvalue weighted by Crippen LogP contribution is 2.60. The van der Waals surface area contributed by atoms with Gasteiger partial charge in [0.2, 0.25) is 5.91 Å². The summed E-state index contributed by atoms with van der Waals surface area (Å²) < 4.78 is 7.10. The van der Waals surface area contributed by atoms with Crippen LogP contribution in [0.3, 0.4) is 0 Å². The lowest BCUT2D eigenvalue weighted by Crippen LogP contribution is -2.51. The molecule has 0 aromatic carbocycles. The Labute approximate surface area is 178 Å². The summed E-state index contributed by atoms with van der Waals surface area (Å²) in [5, 5.41) is 32.8. The third kappa shape index (κ3) is 2.92. The summed E-state index contributed by atoms with van der Waals surface area (Å²) in [7, 11) is 0. The molecular formula is C21H27N5O5. The summed E-state index contributed by atoms with van der Waals surface area (Å²) in [6.45, 7) is -0.414. The van der Waals surface area contributed by atoms with Crippen LogP contribution in [0.2, 0.25) is 0 Å². The van der Waals surface area contributed by atoms with Gasteiger partial charge in [0, 0.05) is 0 Å². The van der Waals surface area contributed by atoms with Gasteiger partial charge in [0.15, 0.2) is 23.2 Å². The van der Waals surface area contributed by atoms with E-state index in [4.69, 9.17) is 4.74 Å². The van der Waals surface area contributed by atoms with E-state index in [2.05, 4.69) is 20.3 Å². The van der Waals surface area contributed by atoms with Gasteiger partial charge in [0.25, 0.3) is 0 Å². The van der Waals surface area contributed by atoms with Crippen LogP contribution in [0.1, 0.15) is 44.8 Å². The molecule has 1 saturated heterocycles. The molecule has 10 nitrogen and oxygen atoms in total. The largest absolute Gasteiger partial charge is 0.394 e. The lowest BCUT2D eigenvalue weighted by Gasteiger charge is -2.55. The standard InChI is InChI=1S/C21H27N5O5/c27-7-13-15(28)16(29)19(31-13)26-9-24-14-17(22-8-23-18(14)26)25-20(30)21-4-10-1-11(5-21)3-12(2-10)6-21/h8-13,15-16,19,27-29H,1-7H2,(H,22,23,25,30). The third-order valence-electron chi connectivity index (χ3n) is 7.90. The number of carbonyl (C=O) groups excluding carboxylic acids is 1. The van der Waals surface area contributed by atoms with E-state index in [1.54, 1.807) is 0 Å². The smallest absolute Gasteiger partial charge is 0.231 e. The van der Waals surface area contributed by atoms with E-state index in [-0.39, 0.29) is 11.3 Å². The zero-order chi connectivity index (χ0) is 21.3. The number of amides is 1. The van der Waals surface area contributed by atoms with Gasteiger partial charge in [-0.25, -0.2) is 15.0 Å². The Morgan fingerprint density at radius 1 is 1.10 bits per heavy atom. The SMILES string of the molecule is O=C(Nc1ncnc2c1ncn2C1OC(CO)C(O)C1O)C12CC3CC(CC(C3)C1)C2. The van der Waals surface area contributed by atoms with Crippen molar-refractivity contribution in [1.82, 2.24) is 19.5 Å². The van der Waals surface area contributed by atoms with Gasteiger partial charge in [-0.3, -0.25) is 9.36 Å². The minimum absolute atomic E-state index is 0.0223. The first-order valence-electron chi connectivity index (χ1n) is 11.1. The van der Waals surface area contributed by atoms with E-state index in [1.807, 2.05) is 0 Å². The number of aliphatic hydroxyl groups is 3. The monoisotopic (exact) mass is 429 g/mol. The molecule has 3 heterocycles. The molecule has 166 valence electrons. The highest BCUT2D eigenvalue weighted by molar-refractivity contribution is 6.00. The number of nitrogens with zero attached hydrogens (tertiary/aromatic N) is 4. The molecule has 2 aromatic heterocycles. The van der Waals surface area contributed by atoms with Gasteiger partial charge in [-0.05, 0) is 56.3 Å². The molecule has 4 atom stereocenters. The molecule has 4 saturated carbocycles. The lowest BCUT2D eigenvalue weighted by molar-refractivity contribution is -0.140. The Hall–Kier alpha value is -2.14. The minimum Gasteiger partial charge on any atom is -0.394 e. The molecule has 7 rings (SSSR count). The van der Waals surface area contributed by atoms with Gasteiger partial charge in [-0.2, -0.15) is 0 Å². The summed E-state index contributed by atoms with van der Waals surface area (Å²) in [5.74, 6) is 2.35. The van der Waals surface area contributed by atoms with Crippen LogP contribution in [-0.4, -0.2) is 65.7 Å². The van der Waals surface area contributed by atoms with Gasteiger partial charge >= 0.3 is 0 Å². The summed E-state index contributed by atoms with van der Waals surface area (Å²) in [6.07, 6.45) is 5.14. The summed E-state index contributed by atoms with van der Waals surface area (Å²) >= 11 is 0. The maximum atomic E-state index is 13.4. The average molecular weight is 429 g/mol. The normalized spacial score (nSPS) is 41.2. The van der Waals surface area contributed by atoms with E-state index in [9.17, 15) is 20.1 Å². The maximum absolute atomic E-state index is 13.4. The fraction of sp³-hybridized carbons (Fsp3) is 0.714. The van der Waals surface area contributed by atoms with Crippen molar-refractivity contribution in [3.05, 3.63) is 12.7 Å². The molecule has 10 heteroatoms. The van der Waals surface area contributed by atoms with E-state index in [0.717, 1.165) is 19.3 Å². The van der Waals surface area contributed by atoms with Crippen LogP contribution in [0.5, 0.6) is 0 Å². The maximum Gasteiger partial charge on any atom is 0.231 e. The van der Waals surface area contributed by atoms with Crippen LogP contribution in [-0.2, 0) is 9.53 Å². The highest BCUT2D eigenvalue weighted by atomic mass is 16.6. The molecule has 1 amide bonds. The number of aliphatic hydroxyl groups excluding tert-OH is 3. The number of hydrogen-bond acceptors (Lipinski definition) is 8. The predicted octanol–water partition coefficient (Wildman–Crippen LogP) is 0.593. The van der Waals surface area contributed by atoms with Crippen LogP contribution in [0, 0.1) is 23.2 Å². The summed E-state index contributed by atoms with van der Waals surface area (Å²) in [5.41, 5.74) is 0.474.